The van der Waals surface area contributed by atoms with Crippen molar-refractivity contribution in [3.63, 3.8) is 0 Å². The van der Waals surface area contributed by atoms with Gasteiger partial charge in [0, 0.05) is 13.0 Å². The summed E-state index contributed by atoms with van der Waals surface area (Å²) < 4.78 is 33.4. The zero-order valence-electron chi connectivity index (χ0n) is 39.1. The molecule has 0 aliphatic rings. The molecule has 63 heavy (non-hydrogen) atoms. The van der Waals surface area contributed by atoms with Crippen LogP contribution in [0.3, 0.4) is 0 Å². The monoisotopic (exact) mass is 900 g/mol. The van der Waals surface area contributed by atoms with Crippen molar-refractivity contribution < 1.29 is 42.7 Å². The standard InChI is InChI=1S/C52H86NO9P/c1-3-5-7-9-11-13-15-17-19-21-22-23-24-25-26-27-29-31-33-35-37-39-41-43-45-59-46-49(47-60-63(57,58)61-48-50(53)52(55)56)62-51(54)44-42-40-38-36-34-32-30-28-20-18-16-14-12-10-8-6-4-2/h5-8,11-14,17-20,22-23,25-26,30,32,49-50H,3-4,9-10,15-16,21,24,27-29,31,33-48,53H2,1-2H3,(H,55,56)(H,57,58)/b7-5-,8-6-,13-11-,14-12-,19-17-,20-18-,23-22-,26-25-,32-30-. The van der Waals surface area contributed by atoms with Crippen LogP contribution in [-0.4, -0.2) is 60.5 Å². The van der Waals surface area contributed by atoms with Crippen LogP contribution in [-0.2, 0) is 32.7 Å². The van der Waals surface area contributed by atoms with Crippen LogP contribution in [0.4, 0.5) is 0 Å². The highest BCUT2D eigenvalue weighted by atomic mass is 31.2. The minimum Gasteiger partial charge on any atom is -0.480 e. The number of hydrogen-bond donors (Lipinski definition) is 3. The number of carbonyl (C=O) groups excluding carboxylic acids is 1. The number of rotatable bonds is 44. The first-order chi connectivity index (χ1) is 30.7. The van der Waals surface area contributed by atoms with Crippen LogP contribution >= 0.6 is 7.82 Å². The number of ether oxygens (including phenoxy) is 2. The molecule has 3 unspecified atom stereocenters. The normalized spacial score (nSPS) is 14.7. The van der Waals surface area contributed by atoms with Crippen LogP contribution in [0.5, 0.6) is 0 Å². The number of phosphoric ester groups is 1. The van der Waals surface area contributed by atoms with E-state index in [-0.39, 0.29) is 13.0 Å². The van der Waals surface area contributed by atoms with Crippen molar-refractivity contribution in [1.29, 1.82) is 0 Å². The smallest absolute Gasteiger partial charge is 0.472 e. The molecule has 358 valence electrons. The Kier molecular flexibility index (Phi) is 44.1. The van der Waals surface area contributed by atoms with Gasteiger partial charge in [-0.1, -0.05) is 175 Å². The van der Waals surface area contributed by atoms with Gasteiger partial charge in [0.25, 0.3) is 0 Å². The molecule has 0 bridgehead atoms. The van der Waals surface area contributed by atoms with Crippen LogP contribution < -0.4 is 5.73 Å². The van der Waals surface area contributed by atoms with Crippen LogP contribution in [0.1, 0.15) is 168 Å². The van der Waals surface area contributed by atoms with Crippen molar-refractivity contribution in [1.82, 2.24) is 0 Å². The molecule has 0 radical (unpaired) electrons. The van der Waals surface area contributed by atoms with E-state index in [1.165, 1.54) is 32.1 Å². The Morgan fingerprint density at radius 3 is 1.30 bits per heavy atom. The van der Waals surface area contributed by atoms with E-state index in [2.05, 4.69) is 123 Å². The van der Waals surface area contributed by atoms with E-state index < -0.39 is 45.1 Å². The number of unbranched alkanes of at least 4 members (excludes halogenated alkanes) is 12. The molecule has 0 saturated carbocycles. The molecule has 0 saturated heterocycles. The zero-order chi connectivity index (χ0) is 46.2. The van der Waals surface area contributed by atoms with Gasteiger partial charge < -0.3 is 25.2 Å². The summed E-state index contributed by atoms with van der Waals surface area (Å²) in [7, 11) is -4.64. The van der Waals surface area contributed by atoms with Gasteiger partial charge in [0.1, 0.15) is 12.1 Å². The number of phosphoric acid groups is 1. The Hall–Kier alpha value is -3.37. The van der Waals surface area contributed by atoms with Gasteiger partial charge in [0.15, 0.2) is 0 Å². The minimum absolute atomic E-state index is 0.00681. The molecule has 0 aromatic rings. The molecule has 0 spiro atoms. The van der Waals surface area contributed by atoms with Gasteiger partial charge in [0.2, 0.25) is 0 Å². The molecule has 0 fully saturated rings. The average molecular weight is 900 g/mol. The molecule has 3 atom stereocenters. The Morgan fingerprint density at radius 1 is 0.508 bits per heavy atom. The largest absolute Gasteiger partial charge is 0.480 e. The van der Waals surface area contributed by atoms with Gasteiger partial charge in [0.05, 0.1) is 19.8 Å². The van der Waals surface area contributed by atoms with Crippen molar-refractivity contribution in [3.05, 3.63) is 109 Å². The molecule has 0 aliphatic carbocycles. The number of aliphatic carboxylic acids is 1. The second-order valence-electron chi connectivity index (χ2n) is 15.5. The van der Waals surface area contributed by atoms with E-state index in [0.717, 1.165) is 109 Å². The van der Waals surface area contributed by atoms with Crippen molar-refractivity contribution in [2.24, 2.45) is 5.73 Å². The van der Waals surface area contributed by atoms with Gasteiger partial charge in [-0.25, -0.2) is 4.57 Å². The maximum absolute atomic E-state index is 12.7. The minimum atomic E-state index is -4.64. The summed E-state index contributed by atoms with van der Waals surface area (Å²) in [6.45, 7) is 3.58. The highest BCUT2D eigenvalue weighted by Gasteiger charge is 2.27. The highest BCUT2D eigenvalue weighted by Crippen LogP contribution is 2.43. The molecule has 0 amide bonds. The fraction of sp³-hybridized carbons (Fsp3) is 0.615. The van der Waals surface area contributed by atoms with Gasteiger partial charge in [-0.3, -0.25) is 18.6 Å². The fourth-order valence-corrected chi connectivity index (χ4v) is 6.69. The van der Waals surface area contributed by atoms with Crippen LogP contribution in [0.25, 0.3) is 0 Å². The predicted molar refractivity (Wildman–Crippen MR) is 262 cm³/mol. The lowest BCUT2D eigenvalue weighted by Crippen LogP contribution is -2.34. The van der Waals surface area contributed by atoms with Gasteiger partial charge >= 0.3 is 19.8 Å². The van der Waals surface area contributed by atoms with Crippen molar-refractivity contribution >= 4 is 19.8 Å². The third-order valence-corrected chi connectivity index (χ3v) is 10.5. The van der Waals surface area contributed by atoms with E-state index in [0.29, 0.717) is 13.0 Å². The summed E-state index contributed by atoms with van der Waals surface area (Å²) in [5, 5.41) is 8.92. The third-order valence-electron chi connectivity index (χ3n) is 9.55. The lowest BCUT2D eigenvalue weighted by molar-refractivity contribution is -0.154. The summed E-state index contributed by atoms with van der Waals surface area (Å²) in [6.07, 6.45) is 62.8. The number of carbonyl (C=O) groups is 2. The van der Waals surface area contributed by atoms with E-state index in [9.17, 15) is 19.0 Å². The van der Waals surface area contributed by atoms with E-state index in [1.54, 1.807) is 0 Å². The molecule has 4 N–H and O–H groups in total. The summed E-state index contributed by atoms with van der Waals surface area (Å²) in [5.74, 6) is -1.82. The number of allylic oxidation sites excluding steroid dienone is 18. The van der Waals surface area contributed by atoms with E-state index >= 15 is 0 Å². The van der Waals surface area contributed by atoms with Crippen LogP contribution in [0, 0.1) is 0 Å². The molecular weight excluding hydrogens is 814 g/mol. The van der Waals surface area contributed by atoms with Crippen molar-refractivity contribution in [2.45, 2.75) is 180 Å². The third kappa shape index (κ3) is 46.4. The quantitative estimate of drug-likeness (QED) is 0.0233. The second kappa shape index (κ2) is 46.6. The lowest BCUT2D eigenvalue weighted by atomic mass is 10.1. The van der Waals surface area contributed by atoms with Gasteiger partial charge in [-0.05, 0) is 96.3 Å². The Balaban J connectivity index is 4.25. The van der Waals surface area contributed by atoms with Crippen LogP contribution in [0.2, 0.25) is 0 Å². The maximum Gasteiger partial charge on any atom is 0.472 e. The number of nitrogens with two attached hydrogens (primary N) is 1. The molecule has 0 heterocycles. The molecular formula is C52H86NO9P. The lowest BCUT2D eigenvalue weighted by Gasteiger charge is -2.20. The molecule has 10 nitrogen and oxygen atoms in total. The fourth-order valence-electron chi connectivity index (χ4n) is 5.91. The van der Waals surface area contributed by atoms with Crippen molar-refractivity contribution in [2.75, 3.05) is 26.4 Å². The predicted octanol–water partition coefficient (Wildman–Crippen LogP) is 13.9. The number of esters is 1. The first-order valence-electron chi connectivity index (χ1n) is 23.9. The molecule has 11 heteroatoms. The Morgan fingerprint density at radius 2 is 0.873 bits per heavy atom. The van der Waals surface area contributed by atoms with Crippen LogP contribution in [0.15, 0.2) is 109 Å². The Labute approximate surface area is 382 Å². The second-order valence-corrected chi connectivity index (χ2v) is 16.9. The first kappa shape index (κ1) is 59.6. The highest BCUT2D eigenvalue weighted by molar-refractivity contribution is 7.47. The summed E-state index contributed by atoms with van der Waals surface area (Å²) >= 11 is 0. The molecule has 0 aromatic heterocycles. The van der Waals surface area contributed by atoms with Crippen molar-refractivity contribution in [3.8, 4) is 0 Å². The van der Waals surface area contributed by atoms with Gasteiger partial charge in [-0.15, -0.1) is 0 Å². The Bertz CT molecular complexity index is 1410. The van der Waals surface area contributed by atoms with E-state index in [4.69, 9.17) is 29.4 Å². The summed E-state index contributed by atoms with van der Waals surface area (Å²) in [4.78, 5) is 33.6. The number of carboxylic acid groups (broad SMARTS) is 1. The zero-order valence-corrected chi connectivity index (χ0v) is 40.0. The summed E-state index contributed by atoms with van der Waals surface area (Å²) in [6, 6.07) is -1.49. The van der Waals surface area contributed by atoms with E-state index in [1.807, 2.05) is 0 Å². The number of hydrogen-bond acceptors (Lipinski definition) is 8. The van der Waals surface area contributed by atoms with Gasteiger partial charge in [-0.2, -0.15) is 0 Å². The molecule has 0 aliphatic heterocycles. The molecule has 0 rings (SSSR count). The SMILES string of the molecule is CC/C=C\C/C=C\C/C=C\C/C=C\C/C=C\CCCCCCCCCCOCC(COP(=O)(O)OCC(N)C(=O)O)OC(=O)CCCCCC/C=C\C/C=C\C/C=C\C/C=C\CC. The average Bonchev–Trinajstić information content (AvgIpc) is 3.26. The molecule has 0 aromatic carbocycles. The first-order valence-corrected chi connectivity index (χ1v) is 25.4. The summed E-state index contributed by atoms with van der Waals surface area (Å²) in [5.41, 5.74) is 5.36. The topological polar surface area (TPSA) is 155 Å². The maximum atomic E-state index is 12.7. The number of carboxylic acids is 1.